The molecular weight excluding hydrogens is 292 g/mol. The molecule has 0 N–H and O–H groups in total. The number of methoxy groups -OCH3 is 2. The van der Waals surface area contributed by atoms with E-state index in [4.69, 9.17) is 9.47 Å². The van der Waals surface area contributed by atoms with Gasteiger partial charge in [-0.1, -0.05) is 30.3 Å². The number of hydrogen-bond donors (Lipinski definition) is 0. The van der Waals surface area contributed by atoms with Crippen molar-refractivity contribution in [2.45, 2.75) is 0 Å². The molecule has 0 atom stereocenters. The van der Waals surface area contributed by atoms with Gasteiger partial charge < -0.3 is 9.47 Å². The third-order valence-corrected chi connectivity index (χ3v) is 3.50. The summed E-state index contributed by atoms with van der Waals surface area (Å²) in [7, 11) is 3.09. The summed E-state index contributed by atoms with van der Waals surface area (Å²) < 4.78 is 11.7. The van der Waals surface area contributed by atoms with Crippen molar-refractivity contribution in [3.63, 3.8) is 0 Å². The molecule has 1 aromatic heterocycles. The van der Waals surface area contributed by atoms with Gasteiger partial charge in [0.2, 0.25) is 0 Å². The van der Waals surface area contributed by atoms with Crippen molar-refractivity contribution in [2.75, 3.05) is 14.2 Å². The summed E-state index contributed by atoms with van der Waals surface area (Å²) >= 11 is 0. The van der Waals surface area contributed by atoms with Gasteiger partial charge in [-0.2, -0.15) is 5.10 Å². The highest BCUT2D eigenvalue weighted by Crippen LogP contribution is 2.28. The Morgan fingerprint density at radius 1 is 0.957 bits per heavy atom. The van der Waals surface area contributed by atoms with Crippen LogP contribution in [0.3, 0.4) is 0 Å². The minimum Gasteiger partial charge on any atom is -0.493 e. The second-order valence-electron chi connectivity index (χ2n) is 4.89. The van der Waals surface area contributed by atoms with Crippen LogP contribution in [0.2, 0.25) is 0 Å². The van der Waals surface area contributed by atoms with Gasteiger partial charge in [-0.05, 0) is 24.3 Å². The zero-order chi connectivity index (χ0) is 16.2. The molecule has 0 amide bonds. The molecule has 0 saturated carbocycles. The maximum Gasteiger partial charge on any atom is 0.278 e. The number of rotatable bonds is 4. The summed E-state index contributed by atoms with van der Waals surface area (Å²) in [4.78, 5) is 12.6. The number of benzene rings is 2. The maximum absolute atomic E-state index is 12.6. The molecule has 0 spiro atoms. The van der Waals surface area contributed by atoms with E-state index in [-0.39, 0.29) is 5.91 Å². The SMILES string of the molecule is COc1ccc(C(=O)n2ccc(-c3ccccc3)n2)cc1OC. The van der Waals surface area contributed by atoms with Gasteiger partial charge in [0, 0.05) is 17.3 Å². The monoisotopic (exact) mass is 308 g/mol. The predicted octanol–water partition coefficient (Wildman–Crippen LogP) is 3.26. The number of carbonyl (C=O) groups is 1. The highest BCUT2D eigenvalue weighted by molar-refractivity contribution is 5.96. The van der Waals surface area contributed by atoms with Crippen molar-refractivity contribution in [1.29, 1.82) is 0 Å². The lowest BCUT2D eigenvalue weighted by atomic mass is 10.2. The number of carbonyl (C=O) groups excluding carboxylic acids is 1. The Balaban J connectivity index is 1.91. The molecule has 1 heterocycles. The van der Waals surface area contributed by atoms with E-state index < -0.39 is 0 Å². The Bertz CT molecular complexity index is 825. The number of nitrogens with zero attached hydrogens (tertiary/aromatic N) is 2. The molecule has 0 fully saturated rings. The van der Waals surface area contributed by atoms with E-state index in [1.165, 1.54) is 11.8 Å². The van der Waals surface area contributed by atoms with E-state index >= 15 is 0 Å². The number of aromatic nitrogens is 2. The van der Waals surface area contributed by atoms with Crippen LogP contribution >= 0.6 is 0 Å². The third kappa shape index (κ3) is 2.94. The topological polar surface area (TPSA) is 53.4 Å². The number of hydrogen-bond acceptors (Lipinski definition) is 4. The van der Waals surface area contributed by atoms with Gasteiger partial charge in [-0.15, -0.1) is 0 Å². The molecule has 0 aliphatic carbocycles. The summed E-state index contributed by atoms with van der Waals surface area (Å²) in [6.45, 7) is 0. The van der Waals surface area contributed by atoms with Crippen molar-refractivity contribution in [3.8, 4) is 22.8 Å². The van der Waals surface area contributed by atoms with E-state index in [1.807, 2.05) is 36.4 Å². The van der Waals surface area contributed by atoms with Crippen molar-refractivity contribution < 1.29 is 14.3 Å². The lowest BCUT2D eigenvalue weighted by molar-refractivity contribution is 0.0945. The molecule has 5 heteroatoms. The van der Waals surface area contributed by atoms with E-state index in [0.29, 0.717) is 17.1 Å². The third-order valence-electron chi connectivity index (χ3n) is 3.50. The molecule has 5 nitrogen and oxygen atoms in total. The quantitative estimate of drug-likeness (QED) is 0.742. The summed E-state index contributed by atoms with van der Waals surface area (Å²) in [5, 5.41) is 4.35. The summed E-state index contributed by atoms with van der Waals surface area (Å²) in [6, 6.07) is 16.6. The van der Waals surface area contributed by atoms with E-state index in [0.717, 1.165) is 11.3 Å². The largest absolute Gasteiger partial charge is 0.493 e. The average Bonchev–Trinajstić information content (AvgIpc) is 3.11. The zero-order valence-corrected chi connectivity index (χ0v) is 12.9. The minimum absolute atomic E-state index is 0.229. The van der Waals surface area contributed by atoms with Crippen LogP contribution in [-0.4, -0.2) is 29.9 Å². The molecule has 3 rings (SSSR count). The molecule has 0 saturated heterocycles. The van der Waals surface area contributed by atoms with Crippen LogP contribution in [0.25, 0.3) is 11.3 Å². The Labute approximate surface area is 134 Å². The van der Waals surface area contributed by atoms with E-state index in [2.05, 4.69) is 5.10 Å². The molecule has 0 unspecified atom stereocenters. The first-order chi connectivity index (χ1) is 11.2. The molecular formula is C18H16N2O3. The molecule has 0 radical (unpaired) electrons. The maximum atomic E-state index is 12.6. The van der Waals surface area contributed by atoms with Gasteiger partial charge in [0.25, 0.3) is 5.91 Å². The lowest BCUT2D eigenvalue weighted by Crippen LogP contribution is -2.12. The van der Waals surface area contributed by atoms with Crippen molar-refractivity contribution in [2.24, 2.45) is 0 Å². The van der Waals surface area contributed by atoms with Crippen LogP contribution in [0.5, 0.6) is 11.5 Å². The number of ether oxygens (including phenoxy) is 2. The Morgan fingerprint density at radius 3 is 2.39 bits per heavy atom. The van der Waals surface area contributed by atoms with Gasteiger partial charge in [0.15, 0.2) is 11.5 Å². The smallest absolute Gasteiger partial charge is 0.278 e. The Morgan fingerprint density at radius 2 is 1.70 bits per heavy atom. The zero-order valence-electron chi connectivity index (χ0n) is 12.9. The molecule has 23 heavy (non-hydrogen) atoms. The standard InChI is InChI=1S/C18H16N2O3/c1-22-16-9-8-14(12-17(16)23-2)18(21)20-11-10-15(19-20)13-6-4-3-5-7-13/h3-12H,1-2H3. The fourth-order valence-electron chi connectivity index (χ4n) is 2.30. The van der Waals surface area contributed by atoms with Gasteiger partial charge >= 0.3 is 0 Å². The van der Waals surface area contributed by atoms with Crippen LogP contribution in [-0.2, 0) is 0 Å². The lowest BCUT2D eigenvalue weighted by Gasteiger charge is -2.08. The van der Waals surface area contributed by atoms with Crippen LogP contribution in [0.15, 0.2) is 60.8 Å². The van der Waals surface area contributed by atoms with Crippen molar-refractivity contribution >= 4 is 5.91 Å². The molecule has 2 aromatic carbocycles. The summed E-state index contributed by atoms with van der Waals surface area (Å²) in [5.74, 6) is 0.858. The minimum atomic E-state index is -0.229. The first-order valence-electron chi connectivity index (χ1n) is 7.11. The second kappa shape index (κ2) is 6.36. The fraction of sp³-hybridized carbons (Fsp3) is 0.111. The highest BCUT2D eigenvalue weighted by Gasteiger charge is 2.14. The first kappa shape index (κ1) is 14.8. The van der Waals surface area contributed by atoms with Crippen molar-refractivity contribution in [1.82, 2.24) is 9.78 Å². The molecule has 0 aliphatic rings. The fourth-order valence-corrected chi connectivity index (χ4v) is 2.30. The summed E-state index contributed by atoms with van der Waals surface area (Å²) in [5.41, 5.74) is 2.19. The van der Waals surface area contributed by atoms with Gasteiger partial charge in [-0.3, -0.25) is 4.79 Å². The molecule has 0 bridgehead atoms. The normalized spacial score (nSPS) is 10.3. The molecule has 116 valence electrons. The van der Waals surface area contributed by atoms with Crippen LogP contribution in [0.4, 0.5) is 0 Å². The molecule has 0 aliphatic heterocycles. The van der Waals surface area contributed by atoms with E-state index in [1.54, 1.807) is 31.5 Å². The van der Waals surface area contributed by atoms with Gasteiger partial charge in [0.1, 0.15) is 0 Å². The van der Waals surface area contributed by atoms with Gasteiger partial charge in [0.05, 0.1) is 19.9 Å². The van der Waals surface area contributed by atoms with Gasteiger partial charge in [-0.25, -0.2) is 4.68 Å². The van der Waals surface area contributed by atoms with Crippen LogP contribution < -0.4 is 9.47 Å². The first-order valence-corrected chi connectivity index (χ1v) is 7.11. The highest BCUT2D eigenvalue weighted by atomic mass is 16.5. The summed E-state index contributed by atoms with van der Waals surface area (Å²) in [6.07, 6.45) is 1.65. The van der Waals surface area contributed by atoms with E-state index in [9.17, 15) is 4.79 Å². The average molecular weight is 308 g/mol. The Kier molecular flexibility index (Phi) is 4.10. The molecule has 3 aromatic rings. The second-order valence-corrected chi connectivity index (χ2v) is 4.89. The van der Waals surface area contributed by atoms with Crippen LogP contribution in [0.1, 0.15) is 10.4 Å². The predicted molar refractivity (Wildman–Crippen MR) is 86.9 cm³/mol. The van der Waals surface area contributed by atoms with Crippen molar-refractivity contribution in [3.05, 3.63) is 66.4 Å². The van der Waals surface area contributed by atoms with Crippen LogP contribution in [0, 0.1) is 0 Å². The Hall–Kier alpha value is -3.08.